The maximum atomic E-state index is 13.2. The Hall–Kier alpha value is -2.99. The highest BCUT2D eigenvalue weighted by atomic mass is 35.5. The molecule has 0 fully saturated rings. The molecule has 1 aliphatic heterocycles. The highest BCUT2D eigenvalue weighted by molar-refractivity contribution is 6.30. The van der Waals surface area contributed by atoms with Gasteiger partial charge >= 0.3 is 11.9 Å². The van der Waals surface area contributed by atoms with Gasteiger partial charge in [0.05, 0.1) is 30.8 Å². The van der Waals surface area contributed by atoms with Crippen LogP contribution < -0.4 is 5.32 Å². The van der Waals surface area contributed by atoms with Crippen LogP contribution in [0.5, 0.6) is 0 Å². The van der Waals surface area contributed by atoms with E-state index < -0.39 is 17.9 Å². The third-order valence-corrected chi connectivity index (χ3v) is 5.66. The molecule has 6 nitrogen and oxygen atoms in total. The molecule has 7 heteroatoms. The van der Waals surface area contributed by atoms with E-state index in [1.165, 1.54) is 7.11 Å². The van der Waals surface area contributed by atoms with E-state index in [2.05, 4.69) is 10.3 Å². The number of aryl methyl sites for hydroxylation is 2. The Balaban J connectivity index is 1.91. The molecule has 164 valence electrons. The summed E-state index contributed by atoms with van der Waals surface area (Å²) in [6, 6.07) is 9.17. The highest BCUT2D eigenvalue weighted by Crippen LogP contribution is 2.39. The number of benzene rings is 1. The molecule has 1 aliphatic rings. The number of esters is 2. The number of aromatic amines is 1. The lowest BCUT2D eigenvalue weighted by Gasteiger charge is -2.30. The Bertz CT molecular complexity index is 1080. The highest BCUT2D eigenvalue weighted by Gasteiger charge is 2.37. The van der Waals surface area contributed by atoms with E-state index in [-0.39, 0.29) is 6.61 Å². The average Bonchev–Trinajstić information content (AvgIpc) is 3.03. The molecule has 0 saturated carbocycles. The van der Waals surface area contributed by atoms with Gasteiger partial charge in [-0.3, -0.25) is 0 Å². The Morgan fingerprint density at radius 2 is 1.71 bits per heavy atom. The standard InChI is InChI=1S/C24H27ClN2O4/c1-13-11-17(14(2)26-13)9-10-31-24(29)21-16(4)27-15(3)20(23(28)30-5)22(21)18-7-6-8-19(25)12-18/h6-8,11-12,22,26-27H,9-10H2,1-5H3. The summed E-state index contributed by atoms with van der Waals surface area (Å²) in [7, 11) is 1.32. The summed E-state index contributed by atoms with van der Waals surface area (Å²) in [6.45, 7) is 7.79. The van der Waals surface area contributed by atoms with Crippen molar-refractivity contribution in [3.63, 3.8) is 0 Å². The molecule has 0 aliphatic carbocycles. The predicted molar refractivity (Wildman–Crippen MR) is 120 cm³/mol. The Morgan fingerprint density at radius 1 is 1.03 bits per heavy atom. The van der Waals surface area contributed by atoms with Crippen LogP contribution in [0.3, 0.4) is 0 Å². The number of hydrogen-bond acceptors (Lipinski definition) is 5. The fraction of sp³-hybridized carbons (Fsp3) is 0.333. The minimum atomic E-state index is -0.642. The van der Waals surface area contributed by atoms with Crippen LogP contribution in [-0.4, -0.2) is 30.6 Å². The fourth-order valence-corrected chi connectivity index (χ4v) is 4.24. The van der Waals surface area contributed by atoms with Crippen LogP contribution in [0.4, 0.5) is 0 Å². The maximum Gasteiger partial charge on any atom is 0.336 e. The molecular formula is C24H27ClN2O4. The van der Waals surface area contributed by atoms with Crippen LogP contribution in [0.25, 0.3) is 0 Å². The molecule has 0 radical (unpaired) electrons. The molecule has 0 spiro atoms. The quantitative estimate of drug-likeness (QED) is 0.645. The molecule has 2 aromatic rings. The number of halogens is 1. The Morgan fingerprint density at radius 3 is 2.29 bits per heavy atom. The largest absolute Gasteiger partial charge is 0.466 e. The summed E-state index contributed by atoms with van der Waals surface area (Å²) in [5, 5.41) is 3.65. The summed E-state index contributed by atoms with van der Waals surface area (Å²) >= 11 is 6.21. The van der Waals surface area contributed by atoms with Gasteiger partial charge in [-0.2, -0.15) is 0 Å². The van der Waals surface area contributed by atoms with Crippen LogP contribution in [0.1, 0.15) is 42.3 Å². The molecule has 1 aromatic carbocycles. The van der Waals surface area contributed by atoms with E-state index in [4.69, 9.17) is 21.1 Å². The van der Waals surface area contributed by atoms with Gasteiger partial charge in [0.15, 0.2) is 0 Å². The summed E-state index contributed by atoms with van der Waals surface area (Å²) in [6.07, 6.45) is 0.599. The number of H-pyrrole nitrogens is 1. The van der Waals surface area contributed by atoms with Crippen molar-refractivity contribution in [3.8, 4) is 0 Å². The zero-order valence-corrected chi connectivity index (χ0v) is 19.1. The van der Waals surface area contributed by atoms with Crippen LogP contribution in [0.15, 0.2) is 52.9 Å². The summed E-state index contributed by atoms with van der Waals surface area (Å²) in [5.74, 6) is -1.63. The minimum Gasteiger partial charge on any atom is -0.466 e. The normalized spacial score (nSPS) is 16.3. The zero-order valence-electron chi connectivity index (χ0n) is 18.4. The first-order valence-corrected chi connectivity index (χ1v) is 10.4. The number of allylic oxidation sites excluding steroid dienone is 2. The average molecular weight is 443 g/mol. The van der Waals surface area contributed by atoms with Crippen molar-refractivity contribution in [1.29, 1.82) is 0 Å². The van der Waals surface area contributed by atoms with Crippen molar-refractivity contribution in [2.24, 2.45) is 0 Å². The Labute approximate surface area is 187 Å². The van der Waals surface area contributed by atoms with Crippen LogP contribution in [0, 0.1) is 13.8 Å². The number of ether oxygens (including phenoxy) is 2. The first-order valence-electron chi connectivity index (χ1n) is 10.1. The third kappa shape index (κ3) is 4.85. The van der Waals surface area contributed by atoms with Crippen molar-refractivity contribution in [3.05, 3.63) is 80.4 Å². The first-order chi connectivity index (χ1) is 14.7. The van der Waals surface area contributed by atoms with Gasteiger partial charge in [-0.25, -0.2) is 9.59 Å². The van der Waals surface area contributed by atoms with Crippen LogP contribution >= 0.6 is 11.6 Å². The number of carbonyl (C=O) groups excluding carboxylic acids is 2. The van der Waals surface area contributed by atoms with Gasteiger partial charge in [0.25, 0.3) is 0 Å². The second-order valence-corrected chi connectivity index (χ2v) is 8.11. The SMILES string of the molecule is COC(=O)C1=C(C)NC(C)=C(C(=O)OCCc2cc(C)[nH]c2C)C1c1cccc(Cl)c1. The molecule has 3 rings (SSSR count). The second kappa shape index (κ2) is 9.43. The third-order valence-electron chi connectivity index (χ3n) is 5.43. The molecule has 2 heterocycles. The number of rotatable bonds is 6. The van der Waals surface area contributed by atoms with Gasteiger partial charge in [-0.15, -0.1) is 0 Å². The second-order valence-electron chi connectivity index (χ2n) is 7.67. The molecule has 0 bridgehead atoms. The number of dihydropyridines is 1. The van der Waals surface area contributed by atoms with E-state index >= 15 is 0 Å². The monoisotopic (exact) mass is 442 g/mol. The topological polar surface area (TPSA) is 80.4 Å². The minimum absolute atomic E-state index is 0.228. The van der Waals surface area contributed by atoms with E-state index in [0.717, 1.165) is 22.5 Å². The number of aromatic nitrogens is 1. The fourth-order valence-electron chi connectivity index (χ4n) is 4.04. The molecule has 1 atom stereocenters. The van der Waals surface area contributed by atoms with Gasteiger partial charge in [0.1, 0.15) is 0 Å². The van der Waals surface area contributed by atoms with E-state index in [1.54, 1.807) is 32.0 Å². The molecule has 31 heavy (non-hydrogen) atoms. The van der Waals surface area contributed by atoms with Crippen molar-refractivity contribution in [1.82, 2.24) is 10.3 Å². The van der Waals surface area contributed by atoms with Gasteiger partial charge in [0.2, 0.25) is 0 Å². The van der Waals surface area contributed by atoms with Crippen molar-refractivity contribution in [2.75, 3.05) is 13.7 Å². The molecular weight excluding hydrogens is 416 g/mol. The smallest absolute Gasteiger partial charge is 0.336 e. The van der Waals surface area contributed by atoms with Crippen molar-refractivity contribution in [2.45, 2.75) is 40.0 Å². The summed E-state index contributed by atoms with van der Waals surface area (Å²) in [4.78, 5) is 29.1. The van der Waals surface area contributed by atoms with Crippen molar-refractivity contribution < 1.29 is 19.1 Å². The summed E-state index contributed by atoms with van der Waals surface area (Å²) in [5.41, 5.74) is 5.95. The summed E-state index contributed by atoms with van der Waals surface area (Å²) < 4.78 is 10.7. The Kier molecular flexibility index (Phi) is 6.91. The van der Waals surface area contributed by atoms with Gasteiger partial charge in [0, 0.05) is 34.2 Å². The van der Waals surface area contributed by atoms with Crippen LogP contribution in [0.2, 0.25) is 5.02 Å². The molecule has 1 unspecified atom stereocenters. The predicted octanol–water partition coefficient (Wildman–Crippen LogP) is 4.48. The molecule has 1 aromatic heterocycles. The number of methoxy groups -OCH3 is 1. The first kappa shape index (κ1) is 22.7. The van der Waals surface area contributed by atoms with Crippen LogP contribution in [-0.2, 0) is 25.5 Å². The van der Waals surface area contributed by atoms with E-state index in [1.807, 2.05) is 26.0 Å². The molecule has 0 saturated heterocycles. The lowest BCUT2D eigenvalue weighted by atomic mass is 9.80. The van der Waals surface area contributed by atoms with E-state index in [0.29, 0.717) is 34.0 Å². The van der Waals surface area contributed by atoms with Gasteiger partial charge in [-0.05, 0) is 57.0 Å². The van der Waals surface area contributed by atoms with Crippen molar-refractivity contribution >= 4 is 23.5 Å². The van der Waals surface area contributed by atoms with Gasteiger partial charge < -0.3 is 19.8 Å². The molecule has 0 amide bonds. The maximum absolute atomic E-state index is 13.2. The zero-order chi connectivity index (χ0) is 22.7. The molecule has 2 N–H and O–H groups in total. The van der Waals surface area contributed by atoms with Gasteiger partial charge in [-0.1, -0.05) is 23.7 Å². The lowest BCUT2D eigenvalue weighted by Crippen LogP contribution is -2.32. The van der Waals surface area contributed by atoms with E-state index in [9.17, 15) is 9.59 Å². The number of carbonyl (C=O) groups is 2. The number of nitrogens with one attached hydrogen (secondary N) is 2. The lowest BCUT2D eigenvalue weighted by molar-refractivity contribution is -0.139. The number of hydrogen-bond donors (Lipinski definition) is 2.